The topological polar surface area (TPSA) is 75.2 Å². The van der Waals surface area contributed by atoms with Crippen molar-refractivity contribution in [2.75, 3.05) is 10.2 Å². The number of nitrogens with one attached hydrogen (secondary N) is 1. The molecule has 34 heavy (non-hydrogen) atoms. The van der Waals surface area contributed by atoms with Crippen LogP contribution in [0, 0.1) is 18.6 Å². The monoisotopic (exact) mass is 458 g/mol. The third-order valence-electron chi connectivity index (χ3n) is 5.19. The van der Waals surface area contributed by atoms with Gasteiger partial charge in [-0.1, -0.05) is 30.3 Å². The van der Waals surface area contributed by atoms with Crippen LogP contribution in [-0.2, 0) is 4.79 Å². The summed E-state index contributed by atoms with van der Waals surface area (Å²) in [4.78, 5) is 36.5. The predicted octanol–water partition coefficient (Wildman–Crippen LogP) is 5.09. The summed E-state index contributed by atoms with van der Waals surface area (Å²) in [7, 11) is 0. The number of rotatable bonds is 6. The lowest BCUT2D eigenvalue weighted by atomic mass is 9.97. The number of aryl methyl sites for hydroxylation is 1. The fourth-order valence-corrected chi connectivity index (χ4v) is 3.58. The molecule has 0 radical (unpaired) electrons. The second-order valence-electron chi connectivity index (χ2n) is 7.50. The zero-order valence-electron chi connectivity index (χ0n) is 18.2. The standard InChI is InChI=1S/C26H20F2N4O2/c1-17-5-2-3-8-22(17)24(25(33)31-20-11-9-18(27)10-12-20)32(21-7-4-6-19(28)15-21)26(34)23-16-29-13-14-30-23/h2-16,24H,1H3,(H,31,33). The maximum Gasteiger partial charge on any atom is 0.279 e. The van der Waals surface area contributed by atoms with Gasteiger partial charge in [-0.2, -0.15) is 0 Å². The average molecular weight is 458 g/mol. The maximum absolute atomic E-state index is 14.2. The number of carbonyl (C=O) groups excluding carboxylic acids is 2. The Labute approximate surface area is 194 Å². The van der Waals surface area contributed by atoms with E-state index in [1.165, 1.54) is 72.0 Å². The zero-order valence-corrected chi connectivity index (χ0v) is 18.2. The molecule has 8 heteroatoms. The van der Waals surface area contributed by atoms with Crippen LogP contribution in [0.25, 0.3) is 0 Å². The molecule has 0 aliphatic rings. The molecule has 0 fully saturated rings. The van der Waals surface area contributed by atoms with Crippen LogP contribution >= 0.6 is 0 Å². The number of hydrogen-bond donors (Lipinski definition) is 1. The number of anilines is 2. The van der Waals surface area contributed by atoms with Crippen molar-refractivity contribution in [3.8, 4) is 0 Å². The Kier molecular flexibility index (Phi) is 6.68. The zero-order chi connectivity index (χ0) is 24.1. The van der Waals surface area contributed by atoms with Gasteiger partial charge in [0.1, 0.15) is 23.4 Å². The summed E-state index contributed by atoms with van der Waals surface area (Å²) in [6.07, 6.45) is 4.06. The Balaban J connectivity index is 1.87. The molecular weight excluding hydrogens is 438 g/mol. The van der Waals surface area contributed by atoms with Gasteiger partial charge in [-0.15, -0.1) is 0 Å². The van der Waals surface area contributed by atoms with Gasteiger partial charge in [-0.3, -0.25) is 19.5 Å². The quantitative estimate of drug-likeness (QED) is 0.437. The van der Waals surface area contributed by atoms with Gasteiger partial charge in [0.15, 0.2) is 0 Å². The summed E-state index contributed by atoms with van der Waals surface area (Å²) >= 11 is 0. The van der Waals surface area contributed by atoms with Gasteiger partial charge in [0.25, 0.3) is 11.8 Å². The molecule has 1 N–H and O–H groups in total. The first kappa shape index (κ1) is 22.7. The van der Waals surface area contributed by atoms with Crippen LogP contribution in [-0.4, -0.2) is 21.8 Å². The molecule has 4 aromatic rings. The van der Waals surface area contributed by atoms with Crippen molar-refractivity contribution in [1.82, 2.24) is 9.97 Å². The first-order valence-electron chi connectivity index (χ1n) is 10.4. The molecule has 1 unspecified atom stereocenters. The van der Waals surface area contributed by atoms with Crippen LogP contribution in [0.5, 0.6) is 0 Å². The lowest BCUT2D eigenvalue weighted by molar-refractivity contribution is -0.117. The number of halogens is 2. The second kappa shape index (κ2) is 9.99. The number of amides is 2. The van der Waals surface area contributed by atoms with Crippen molar-refractivity contribution in [3.05, 3.63) is 120 Å². The lowest BCUT2D eigenvalue weighted by Gasteiger charge is -2.32. The molecule has 0 saturated heterocycles. The fraction of sp³-hybridized carbons (Fsp3) is 0.0769. The van der Waals surface area contributed by atoms with Gasteiger partial charge in [0.05, 0.1) is 6.20 Å². The van der Waals surface area contributed by atoms with E-state index in [9.17, 15) is 18.4 Å². The highest BCUT2D eigenvalue weighted by Crippen LogP contribution is 2.32. The minimum atomic E-state index is -1.19. The van der Waals surface area contributed by atoms with Crippen molar-refractivity contribution in [1.29, 1.82) is 0 Å². The molecule has 170 valence electrons. The van der Waals surface area contributed by atoms with Gasteiger partial charge in [0, 0.05) is 23.8 Å². The molecule has 1 aromatic heterocycles. The van der Waals surface area contributed by atoms with Crippen LogP contribution in [0.1, 0.15) is 27.7 Å². The van der Waals surface area contributed by atoms with E-state index in [4.69, 9.17) is 0 Å². The molecule has 0 aliphatic carbocycles. The number of carbonyl (C=O) groups is 2. The van der Waals surface area contributed by atoms with E-state index in [-0.39, 0.29) is 11.4 Å². The summed E-state index contributed by atoms with van der Waals surface area (Å²) in [5.41, 5.74) is 1.77. The van der Waals surface area contributed by atoms with Crippen LogP contribution in [0.4, 0.5) is 20.2 Å². The van der Waals surface area contributed by atoms with Crippen molar-refractivity contribution in [3.63, 3.8) is 0 Å². The van der Waals surface area contributed by atoms with Gasteiger partial charge in [0.2, 0.25) is 0 Å². The molecule has 0 spiro atoms. The second-order valence-corrected chi connectivity index (χ2v) is 7.50. The van der Waals surface area contributed by atoms with E-state index >= 15 is 0 Å². The molecular formula is C26H20F2N4O2. The molecule has 1 atom stereocenters. The molecule has 3 aromatic carbocycles. The molecule has 2 amide bonds. The predicted molar refractivity (Wildman–Crippen MR) is 124 cm³/mol. The van der Waals surface area contributed by atoms with Crippen LogP contribution in [0.2, 0.25) is 0 Å². The summed E-state index contributed by atoms with van der Waals surface area (Å²) in [5, 5.41) is 2.74. The van der Waals surface area contributed by atoms with E-state index in [1.807, 2.05) is 19.1 Å². The van der Waals surface area contributed by atoms with E-state index in [0.29, 0.717) is 11.3 Å². The molecule has 0 saturated carbocycles. The molecule has 0 bridgehead atoms. The normalized spacial score (nSPS) is 11.5. The number of aromatic nitrogens is 2. The highest BCUT2D eigenvalue weighted by atomic mass is 19.1. The van der Waals surface area contributed by atoms with E-state index < -0.39 is 29.5 Å². The summed E-state index contributed by atoms with van der Waals surface area (Å²) in [6, 6.07) is 16.6. The van der Waals surface area contributed by atoms with Crippen molar-refractivity contribution in [2.45, 2.75) is 13.0 Å². The minimum Gasteiger partial charge on any atom is -0.324 e. The van der Waals surface area contributed by atoms with E-state index in [0.717, 1.165) is 5.56 Å². The van der Waals surface area contributed by atoms with Gasteiger partial charge < -0.3 is 5.32 Å². The largest absolute Gasteiger partial charge is 0.324 e. The first-order valence-corrected chi connectivity index (χ1v) is 10.4. The number of hydrogen-bond acceptors (Lipinski definition) is 4. The highest BCUT2D eigenvalue weighted by Gasteiger charge is 2.35. The first-order chi connectivity index (χ1) is 16.4. The van der Waals surface area contributed by atoms with E-state index in [1.54, 1.807) is 12.1 Å². The maximum atomic E-state index is 14.2. The number of benzene rings is 3. The molecule has 6 nitrogen and oxygen atoms in total. The minimum absolute atomic E-state index is 0.0140. The Hall–Kier alpha value is -4.46. The van der Waals surface area contributed by atoms with Crippen LogP contribution in [0.3, 0.4) is 0 Å². The highest BCUT2D eigenvalue weighted by molar-refractivity contribution is 6.11. The van der Waals surface area contributed by atoms with Crippen molar-refractivity contribution in [2.24, 2.45) is 0 Å². The van der Waals surface area contributed by atoms with Gasteiger partial charge in [-0.05, 0) is 60.5 Å². The summed E-state index contributed by atoms with van der Waals surface area (Å²) in [5.74, 6) is -2.23. The summed E-state index contributed by atoms with van der Waals surface area (Å²) < 4.78 is 27.6. The van der Waals surface area contributed by atoms with Crippen molar-refractivity contribution < 1.29 is 18.4 Å². The third-order valence-corrected chi connectivity index (χ3v) is 5.19. The molecule has 1 heterocycles. The molecule has 4 rings (SSSR count). The van der Waals surface area contributed by atoms with Crippen LogP contribution < -0.4 is 10.2 Å². The SMILES string of the molecule is Cc1ccccc1C(C(=O)Nc1ccc(F)cc1)N(C(=O)c1cnccn1)c1cccc(F)c1. The average Bonchev–Trinajstić information content (AvgIpc) is 2.84. The smallest absolute Gasteiger partial charge is 0.279 e. The van der Waals surface area contributed by atoms with Gasteiger partial charge >= 0.3 is 0 Å². The number of nitrogens with zero attached hydrogens (tertiary/aromatic N) is 3. The Morgan fingerprint density at radius 3 is 2.35 bits per heavy atom. The summed E-state index contributed by atoms with van der Waals surface area (Å²) in [6.45, 7) is 1.81. The van der Waals surface area contributed by atoms with Gasteiger partial charge in [-0.25, -0.2) is 13.8 Å². The fourth-order valence-electron chi connectivity index (χ4n) is 3.58. The Bertz CT molecular complexity index is 1310. The molecule has 0 aliphatic heterocycles. The lowest BCUT2D eigenvalue weighted by Crippen LogP contribution is -2.42. The van der Waals surface area contributed by atoms with Crippen molar-refractivity contribution >= 4 is 23.2 Å². The van der Waals surface area contributed by atoms with E-state index in [2.05, 4.69) is 15.3 Å². The van der Waals surface area contributed by atoms with Crippen LogP contribution in [0.15, 0.2) is 91.4 Å². The Morgan fingerprint density at radius 2 is 1.68 bits per heavy atom. The Morgan fingerprint density at radius 1 is 0.912 bits per heavy atom. The third kappa shape index (κ3) is 4.96.